The van der Waals surface area contributed by atoms with Crippen molar-refractivity contribution in [3.8, 4) is 0 Å². The maximum Gasteiger partial charge on any atom is 0.0346 e. The van der Waals surface area contributed by atoms with Gasteiger partial charge in [0.2, 0.25) is 0 Å². The standard InChI is InChI=1S/C29H40N2/c1-29-14-12-25-24-9-7-23(31(2)3)17-20(24)6-8-26(25)28(29)11-10-27(29)21-5-4-19-13-15-30-18-22(19)16-21/h4-5,13,15-16,18,20,23-28H,6-12,14,17H2,1-3H3/t20-,23-,24-,25+,26+,27+,28-,29+/m0/s1. The Labute approximate surface area is 188 Å². The van der Waals surface area contributed by atoms with Crippen LogP contribution in [0.1, 0.15) is 76.2 Å². The minimum Gasteiger partial charge on any atom is -0.306 e. The molecular weight excluding hydrogens is 376 g/mol. The average molecular weight is 417 g/mol. The molecule has 4 aliphatic rings. The molecule has 1 heterocycles. The van der Waals surface area contributed by atoms with E-state index in [0.717, 1.165) is 41.5 Å². The highest BCUT2D eigenvalue weighted by Crippen LogP contribution is 2.66. The van der Waals surface area contributed by atoms with Crippen LogP contribution in [0.5, 0.6) is 0 Å². The summed E-state index contributed by atoms with van der Waals surface area (Å²) in [6, 6.07) is 10.2. The molecule has 4 saturated carbocycles. The summed E-state index contributed by atoms with van der Waals surface area (Å²) in [5.74, 6) is 5.77. The normalized spacial score (nSPS) is 42.3. The van der Waals surface area contributed by atoms with Gasteiger partial charge in [0, 0.05) is 23.8 Å². The van der Waals surface area contributed by atoms with E-state index in [4.69, 9.17) is 0 Å². The van der Waals surface area contributed by atoms with E-state index in [0.29, 0.717) is 5.41 Å². The summed E-state index contributed by atoms with van der Waals surface area (Å²) in [5, 5.41) is 2.65. The Morgan fingerprint density at radius 3 is 2.61 bits per heavy atom. The third-order valence-electron chi connectivity index (χ3n) is 10.7. The van der Waals surface area contributed by atoms with Crippen LogP contribution in [0.25, 0.3) is 10.8 Å². The Kier molecular flexibility index (Phi) is 4.94. The lowest BCUT2D eigenvalue weighted by Gasteiger charge is -2.56. The van der Waals surface area contributed by atoms with Crippen molar-refractivity contribution in [3.63, 3.8) is 0 Å². The smallest absolute Gasteiger partial charge is 0.0346 e. The second kappa shape index (κ2) is 7.58. The number of aromatic nitrogens is 1. The van der Waals surface area contributed by atoms with Crippen LogP contribution in [0.3, 0.4) is 0 Å². The quantitative estimate of drug-likeness (QED) is 0.529. The van der Waals surface area contributed by atoms with Crippen LogP contribution in [-0.4, -0.2) is 30.0 Å². The van der Waals surface area contributed by atoms with Crippen molar-refractivity contribution in [2.45, 2.75) is 76.7 Å². The fourth-order valence-electron chi connectivity index (χ4n) is 9.17. The van der Waals surface area contributed by atoms with Crippen molar-refractivity contribution in [1.82, 2.24) is 9.88 Å². The first-order valence-electron chi connectivity index (χ1n) is 13.0. The second-order valence-corrected chi connectivity index (χ2v) is 12.0. The van der Waals surface area contributed by atoms with Gasteiger partial charge in [-0.3, -0.25) is 4.98 Å². The first kappa shape index (κ1) is 20.2. The summed E-state index contributed by atoms with van der Waals surface area (Å²) >= 11 is 0. The summed E-state index contributed by atoms with van der Waals surface area (Å²) in [6.45, 7) is 2.67. The van der Waals surface area contributed by atoms with Crippen LogP contribution in [0.15, 0.2) is 36.7 Å². The van der Waals surface area contributed by atoms with Gasteiger partial charge >= 0.3 is 0 Å². The van der Waals surface area contributed by atoms with Crippen LogP contribution in [0.4, 0.5) is 0 Å². The molecule has 2 nitrogen and oxygen atoms in total. The molecular formula is C29H40N2. The molecule has 0 unspecified atom stereocenters. The summed E-state index contributed by atoms with van der Waals surface area (Å²) in [7, 11) is 4.59. The number of hydrogen-bond donors (Lipinski definition) is 0. The number of pyridine rings is 1. The Morgan fingerprint density at radius 2 is 1.74 bits per heavy atom. The molecule has 0 radical (unpaired) electrons. The van der Waals surface area contributed by atoms with E-state index in [1.807, 2.05) is 6.20 Å². The predicted molar refractivity (Wildman–Crippen MR) is 129 cm³/mol. The van der Waals surface area contributed by atoms with Gasteiger partial charge in [-0.15, -0.1) is 0 Å². The molecule has 0 N–H and O–H groups in total. The van der Waals surface area contributed by atoms with Gasteiger partial charge in [0.15, 0.2) is 0 Å². The van der Waals surface area contributed by atoms with E-state index in [1.54, 1.807) is 5.56 Å². The maximum atomic E-state index is 4.38. The highest BCUT2D eigenvalue weighted by atomic mass is 15.1. The van der Waals surface area contributed by atoms with Gasteiger partial charge in [0.05, 0.1) is 0 Å². The monoisotopic (exact) mass is 416 g/mol. The fraction of sp³-hybridized carbons (Fsp3) is 0.690. The second-order valence-electron chi connectivity index (χ2n) is 12.0. The fourth-order valence-corrected chi connectivity index (χ4v) is 9.17. The van der Waals surface area contributed by atoms with Gasteiger partial charge in [-0.1, -0.05) is 19.1 Å². The minimum absolute atomic E-state index is 0.505. The van der Waals surface area contributed by atoms with Crippen molar-refractivity contribution in [2.24, 2.45) is 35.0 Å². The van der Waals surface area contributed by atoms with E-state index in [2.05, 4.69) is 61.4 Å². The molecule has 166 valence electrons. The van der Waals surface area contributed by atoms with Crippen LogP contribution < -0.4 is 0 Å². The molecule has 0 spiro atoms. The van der Waals surface area contributed by atoms with Crippen LogP contribution >= 0.6 is 0 Å². The highest BCUT2D eigenvalue weighted by molar-refractivity contribution is 5.82. The molecule has 0 saturated heterocycles. The van der Waals surface area contributed by atoms with Gasteiger partial charge in [-0.2, -0.15) is 0 Å². The molecule has 6 rings (SSSR count). The molecule has 4 fully saturated rings. The first-order valence-corrected chi connectivity index (χ1v) is 13.0. The van der Waals surface area contributed by atoms with Crippen LogP contribution in [0, 0.1) is 35.0 Å². The molecule has 2 aromatic rings. The van der Waals surface area contributed by atoms with E-state index in [1.165, 1.54) is 68.6 Å². The van der Waals surface area contributed by atoms with E-state index in [9.17, 15) is 0 Å². The van der Waals surface area contributed by atoms with E-state index < -0.39 is 0 Å². The van der Waals surface area contributed by atoms with Gasteiger partial charge < -0.3 is 4.90 Å². The van der Waals surface area contributed by atoms with Gasteiger partial charge in [-0.05, 0) is 136 Å². The molecule has 8 atom stereocenters. The van der Waals surface area contributed by atoms with E-state index in [-0.39, 0.29) is 0 Å². The topological polar surface area (TPSA) is 16.1 Å². The third kappa shape index (κ3) is 3.19. The number of rotatable bonds is 2. The SMILES string of the molecule is CN(C)[C@H]1CC[C@H]2[C@@H](CC[C@@H]3[C@@H]2CC[C@]2(C)[C@@H](c4ccc5ccncc5c4)CC[C@@H]32)C1. The molecule has 31 heavy (non-hydrogen) atoms. The van der Waals surface area contributed by atoms with Gasteiger partial charge in [0.1, 0.15) is 0 Å². The zero-order valence-electron chi connectivity index (χ0n) is 19.8. The van der Waals surface area contributed by atoms with Gasteiger partial charge in [0.25, 0.3) is 0 Å². The van der Waals surface area contributed by atoms with Crippen molar-refractivity contribution >= 4 is 10.8 Å². The molecule has 1 aromatic heterocycles. The highest BCUT2D eigenvalue weighted by Gasteiger charge is 2.57. The molecule has 0 amide bonds. The molecule has 0 aliphatic heterocycles. The van der Waals surface area contributed by atoms with E-state index >= 15 is 0 Å². The average Bonchev–Trinajstić information content (AvgIpc) is 3.15. The number of nitrogens with zero attached hydrogens (tertiary/aromatic N) is 2. The molecule has 0 bridgehead atoms. The molecule has 2 heteroatoms. The zero-order valence-corrected chi connectivity index (χ0v) is 19.8. The Bertz CT molecular complexity index is 951. The lowest BCUT2D eigenvalue weighted by molar-refractivity contribution is -0.0624. The summed E-state index contributed by atoms with van der Waals surface area (Å²) in [6.07, 6.45) is 17.2. The van der Waals surface area contributed by atoms with Crippen molar-refractivity contribution < 1.29 is 0 Å². The summed E-state index contributed by atoms with van der Waals surface area (Å²) in [5.41, 5.74) is 2.09. The Balaban J connectivity index is 1.24. The predicted octanol–water partition coefficient (Wildman–Crippen LogP) is 6.90. The third-order valence-corrected chi connectivity index (χ3v) is 10.7. The Morgan fingerprint density at radius 1 is 0.871 bits per heavy atom. The Hall–Kier alpha value is -1.41. The minimum atomic E-state index is 0.505. The van der Waals surface area contributed by atoms with Crippen molar-refractivity contribution in [1.29, 1.82) is 0 Å². The summed E-state index contributed by atoms with van der Waals surface area (Å²) in [4.78, 5) is 6.89. The van der Waals surface area contributed by atoms with Crippen LogP contribution in [0.2, 0.25) is 0 Å². The van der Waals surface area contributed by atoms with Crippen molar-refractivity contribution in [3.05, 3.63) is 42.2 Å². The number of fused-ring (bicyclic) bond motifs is 6. The zero-order chi connectivity index (χ0) is 21.2. The number of hydrogen-bond acceptors (Lipinski definition) is 2. The van der Waals surface area contributed by atoms with Gasteiger partial charge in [-0.25, -0.2) is 0 Å². The molecule has 4 aliphatic carbocycles. The maximum absolute atomic E-state index is 4.38. The number of benzene rings is 1. The summed E-state index contributed by atoms with van der Waals surface area (Å²) < 4.78 is 0. The van der Waals surface area contributed by atoms with Crippen molar-refractivity contribution in [2.75, 3.05) is 14.1 Å². The molecule has 1 aromatic carbocycles. The first-order chi connectivity index (χ1) is 15.0. The lowest BCUT2D eigenvalue weighted by Crippen LogP contribution is -2.49. The van der Waals surface area contributed by atoms with Crippen LogP contribution in [-0.2, 0) is 0 Å². The largest absolute Gasteiger partial charge is 0.306 e. The lowest BCUT2D eigenvalue weighted by atomic mass is 9.49.